The summed E-state index contributed by atoms with van der Waals surface area (Å²) < 4.78 is 37.5. The monoisotopic (exact) mass is 601 g/mol. The van der Waals surface area contributed by atoms with E-state index < -0.39 is 16.3 Å². The Bertz CT molecular complexity index is 1160. The molecule has 0 spiro atoms. The van der Waals surface area contributed by atoms with Crippen molar-refractivity contribution in [2.45, 2.75) is 128 Å². The highest BCUT2D eigenvalue weighted by Gasteiger charge is 2.45. The van der Waals surface area contributed by atoms with Crippen LogP contribution in [-0.2, 0) is 14.8 Å². The molecule has 4 bridgehead atoms. The van der Waals surface area contributed by atoms with E-state index >= 15 is 0 Å². The molecule has 5 aliphatic rings. The van der Waals surface area contributed by atoms with Crippen molar-refractivity contribution in [3.63, 3.8) is 0 Å². The van der Waals surface area contributed by atoms with Crippen LogP contribution in [0.25, 0.3) is 0 Å². The second-order valence-corrected chi connectivity index (χ2v) is 16.8. The molecule has 6 atom stereocenters. The summed E-state index contributed by atoms with van der Waals surface area (Å²) in [6, 6.07) is 8.01. The largest absolute Gasteiger partial charge is 0.362 e. The molecule has 2 saturated carbocycles. The van der Waals surface area contributed by atoms with Crippen LogP contribution in [0.4, 0.5) is 0 Å². The minimum absolute atomic E-state index is 0.000317. The summed E-state index contributed by atoms with van der Waals surface area (Å²) in [5, 5.41) is 6.76. The molecule has 0 amide bonds. The SMILES string of the molecule is Cc1cccc(C)c1C1CC2NC(N1)NS(=O)(=O)C1CCCC(C1)CN(C1CC(N3CC(C)C3)C1)[C@H](CC(C)C)CO2. The van der Waals surface area contributed by atoms with Crippen LogP contribution in [-0.4, -0.2) is 80.4 Å². The quantitative estimate of drug-likeness (QED) is 0.466. The zero-order valence-corrected chi connectivity index (χ0v) is 27.3. The Morgan fingerprint density at radius 3 is 2.40 bits per heavy atom. The molecular formula is C33H55N5O3S. The molecule has 0 aromatic heterocycles. The first kappa shape index (κ1) is 30.9. The van der Waals surface area contributed by atoms with Crippen molar-refractivity contribution in [2.75, 3.05) is 26.2 Å². The average molecular weight is 602 g/mol. The van der Waals surface area contributed by atoms with Crippen LogP contribution in [0.2, 0.25) is 0 Å². The van der Waals surface area contributed by atoms with Gasteiger partial charge in [-0.2, -0.15) is 4.72 Å². The van der Waals surface area contributed by atoms with Crippen molar-refractivity contribution in [3.8, 4) is 0 Å². The summed E-state index contributed by atoms with van der Waals surface area (Å²) in [7, 11) is -3.51. The predicted molar refractivity (Wildman–Crippen MR) is 168 cm³/mol. The molecule has 3 aliphatic heterocycles. The molecule has 9 heteroatoms. The van der Waals surface area contributed by atoms with Gasteiger partial charge in [-0.1, -0.05) is 45.4 Å². The molecule has 1 aromatic rings. The maximum atomic E-state index is 13.8. The molecule has 236 valence electrons. The minimum Gasteiger partial charge on any atom is -0.362 e. The molecule has 8 nitrogen and oxygen atoms in total. The maximum Gasteiger partial charge on any atom is 0.216 e. The first-order valence-corrected chi connectivity index (χ1v) is 18.3. The number of hydrogen-bond acceptors (Lipinski definition) is 7. The second-order valence-electron chi connectivity index (χ2n) is 14.8. The zero-order chi connectivity index (χ0) is 29.6. The molecule has 5 unspecified atom stereocenters. The van der Waals surface area contributed by atoms with Crippen LogP contribution < -0.4 is 15.4 Å². The van der Waals surface area contributed by atoms with E-state index in [4.69, 9.17) is 4.74 Å². The van der Waals surface area contributed by atoms with Gasteiger partial charge in [-0.25, -0.2) is 8.42 Å². The first-order valence-electron chi connectivity index (χ1n) is 16.8. The van der Waals surface area contributed by atoms with E-state index in [1.54, 1.807) is 0 Å². The van der Waals surface area contributed by atoms with Gasteiger partial charge in [0.25, 0.3) is 0 Å². The highest BCUT2D eigenvalue weighted by Crippen LogP contribution is 2.39. The Labute approximate surface area is 254 Å². The Kier molecular flexibility index (Phi) is 9.38. The van der Waals surface area contributed by atoms with Crippen LogP contribution in [0.1, 0.15) is 94.9 Å². The van der Waals surface area contributed by atoms with Crippen LogP contribution in [0.15, 0.2) is 18.2 Å². The number of benzene rings is 1. The van der Waals surface area contributed by atoms with Gasteiger partial charge in [-0.3, -0.25) is 20.4 Å². The van der Waals surface area contributed by atoms with Crippen molar-refractivity contribution in [2.24, 2.45) is 17.8 Å². The van der Waals surface area contributed by atoms with Gasteiger partial charge >= 0.3 is 0 Å². The van der Waals surface area contributed by atoms with Gasteiger partial charge in [0.05, 0.1) is 11.9 Å². The van der Waals surface area contributed by atoms with Gasteiger partial charge in [-0.05, 0) is 86.8 Å². The van der Waals surface area contributed by atoms with Crippen LogP contribution in [0, 0.1) is 31.6 Å². The highest BCUT2D eigenvalue weighted by molar-refractivity contribution is 7.90. The normalized spacial score (nSPS) is 38.5. The Morgan fingerprint density at radius 2 is 1.71 bits per heavy atom. The number of nitrogens with one attached hydrogen (secondary N) is 3. The number of sulfonamides is 1. The van der Waals surface area contributed by atoms with Crippen LogP contribution in [0.5, 0.6) is 0 Å². The number of likely N-dealkylation sites (tertiary alicyclic amines) is 1. The van der Waals surface area contributed by atoms with Crippen molar-refractivity contribution in [1.29, 1.82) is 0 Å². The van der Waals surface area contributed by atoms with E-state index in [2.05, 4.69) is 78.0 Å². The fraction of sp³-hybridized carbons (Fsp3) is 0.818. The topological polar surface area (TPSA) is 85.9 Å². The number of hydrogen-bond donors (Lipinski definition) is 3. The van der Waals surface area contributed by atoms with Crippen LogP contribution >= 0.6 is 0 Å². The molecular weight excluding hydrogens is 546 g/mol. The van der Waals surface area contributed by atoms with Gasteiger partial charge < -0.3 is 4.74 Å². The van der Waals surface area contributed by atoms with Gasteiger partial charge in [-0.15, -0.1) is 0 Å². The molecule has 0 radical (unpaired) electrons. The molecule has 2 aliphatic carbocycles. The average Bonchev–Trinajstić information content (AvgIpc) is 2.88. The molecule has 1 aromatic carbocycles. The Hall–Kier alpha value is -1.07. The molecule has 6 rings (SSSR count). The number of rotatable bonds is 5. The second kappa shape index (κ2) is 12.7. The predicted octanol–water partition coefficient (Wildman–Crippen LogP) is 4.24. The third kappa shape index (κ3) is 6.77. The Balaban J connectivity index is 1.28. The number of ether oxygens (including phenoxy) is 1. The van der Waals surface area contributed by atoms with Crippen LogP contribution in [0.3, 0.4) is 0 Å². The summed E-state index contributed by atoms with van der Waals surface area (Å²) in [5.41, 5.74) is 3.70. The lowest BCUT2D eigenvalue weighted by Crippen LogP contribution is -2.64. The molecule has 3 N–H and O–H groups in total. The van der Waals surface area contributed by atoms with E-state index in [1.807, 2.05) is 0 Å². The summed E-state index contributed by atoms with van der Waals surface area (Å²) >= 11 is 0. The third-order valence-electron chi connectivity index (χ3n) is 10.9. The lowest BCUT2D eigenvalue weighted by Gasteiger charge is -2.54. The fourth-order valence-electron chi connectivity index (χ4n) is 8.64. The fourth-order valence-corrected chi connectivity index (χ4v) is 10.3. The Morgan fingerprint density at radius 1 is 0.976 bits per heavy atom. The molecule has 3 saturated heterocycles. The third-order valence-corrected chi connectivity index (χ3v) is 12.7. The maximum absolute atomic E-state index is 13.8. The number of aryl methyl sites for hydroxylation is 2. The lowest BCUT2D eigenvalue weighted by atomic mass is 9.79. The van der Waals surface area contributed by atoms with E-state index in [9.17, 15) is 8.42 Å². The van der Waals surface area contributed by atoms with E-state index in [0.29, 0.717) is 36.6 Å². The lowest BCUT2D eigenvalue weighted by molar-refractivity contribution is -0.0808. The van der Waals surface area contributed by atoms with E-state index in [0.717, 1.165) is 51.0 Å². The van der Waals surface area contributed by atoms with Gasteiger partial charge in [0, 0.05) is 50.2 Å². The van der Waals surface area contributed by atoms with Gasteiger partial charge in [0.15, 0.2) is 0 Å². The summed E-state index contributed by atoms with van der Waals surface area (Å²) in [5.74, 6) is 1.81. The van der Waals surface area contributed by atoms with Crippen molar-refractivity contribution >= 4 is 10.0 Å². The van der Waals surface area contributed by atoms with E-state index in [1.165, 1.54) is 42.6 Å². The standard InChI is InChI=1S/C33H55N5O3S/c1-21(2)12-28-20-41-31-16-30(32-23(4)8-6-9-24(32)5)34-33(35-31)36-42(39,40)29-11-7-10-25(13-29)19-38(28)27-14-26(15-27)37-17-22(3)18-37/h6,8-9,21-22,25-31,33-36H,7,10-20H2,1-5H3/t25?,26?,27?,28-,29?,30?,31?,33?/m1/s1. The highest BCUT2D eigenvalue weighted by atomic mass is 32.2. The number of fused-ring (bicyclic) bond motifs is 4. The summed E-state index contributed by atoms with van der Waals surface area (Å²) in [6.07, 6.45) is 7.11. The minimum atomic E-state index is -3.51. The smallest absolute Gasteiger partial charge is 0.216 e. The zero-order valence-electron chi connectivity index (χ0n) is 26.5. The molecule has 3 heterocycles. The summed E-state index contributed by atoms with van der Waals surface area (Å²) in [4.78, 5) is 5.46. The van der Waals surface area contributed by atoms with Crippen molar-refractivity contribution < 1.29 is 13.2 Å². The van der Waals surface area contributed by atoms with Gasteiger partial charge in [0.1, 0.15) is 12.5 Å². The molecule has 5 fully saturated rings. The first-order chi connectivity index (χ1) is 20.1. The van der Waals surface area contributed by atoms with Crippen molar-refractivity contribution in [1.82, 2.24) is 25.2 Å². The van der Waals surface area contributed by atoms with E-state index in [-0.39, 0.29) is 17.5 Å². The number of nitrogens with zero attached hydrogens (tertiary/aromatic N) is 2. The van der Waals surface area contributed by atoms with Gasteiger partial charge in [0.2, 0.25) is 10.0 Å². The van der Waals surface area contributed by atoms with Crippen molar-refractivity contribution in [3.05, 3.63) is 34.9 Å². The summed E-state index contributed by atoms with van der Waals surface area (Å²) in [6.45, 7) is 15.5. The molecule has 42 heavy (non-hydrogen) atoms.